The van der Waals surface area contributed by atoms with Gasteiger partial charge < -0.3 is 14.8 Å². The Balaban J connectivity index is 1.41. The Morgan fingerprint density at radius 1 is 1.17 bits per heavy atom. The molecule has 1 saturated carbocycles. The number of aromatic nitrogens is 3. The molecule has 1 N–H and O–H groups in total. The third kappa shape index (κ3) is 4.47. The van der Waals surface area contributed by atoms with Crippen LogP contribution in [0.3, 0.4) is 0 Å². The summed E-state index contributed by atoms with van der Waals surface area (Å²) in [7, 11) is 0. The minimum absolute atomic E-state index is 0.107. The van der Waals surface area contributed by atoms with Crippen molar-refractivity contribution < 1.29 is 9.59 Å². The highest BCUT2D eigenvalue weighted by molar-refractivity contribution is 7.99. The summed E-state index contributed by atoms with van der Waals surface area (Å²) in [5.74, 6) is 1.17. The van der Waals surface area contributed by atoms with E-state index in [1.54, 1.807) is 4.90 Å². The molecule has 1 aliphatic heterocycles. The summed E-state index contributed by atoms with van der Waals surface area (Å²) >= 11 is 1.42. The second-order valence-corrected chi connectivity index (χ2v) is 8.64. The molecule has 4 rings (SSSR count). The Morgan fingerprint density at radius 3 is 2.72 bits per heavy atom. The van der Waals surface area contributed by atoms with Crippen LogP contribution in [0.15, 0.2) is 29.4 Å². The van der Waals surface area contributed by atoms with E-state index >= 15 is 0 Å². The highest BCUT2D eigenvalue weighted by atomic mass is 32.2. The largest absolute Gasteiger partial charge is 0.324 e. The quantitative estimate of drug-likeness (QED) is 0.726. The zero-order chi connectivity index (χ0) is 20.2. The minimum atomic E-state index is -0.107. The van der Waals surface area contributed by atoms with Gasteiger partial charge in [-0.25, -0.2) is 0 Å². The fourth-order valence-electron chi connectivity index (χ4n) is 4.24. The fraction of sp³-hybridized carbons (Fsp3) is 0.524. The highest BCUT2D eigenvalue weighted by Crippen LogP contribution is 2.33. The Morgan fingerprint density at radius 2 is 1.97 bits per heavy atom. The van der Waals surface area contributed by atoms with Crippen LogP contribution in [-0.2, 0) is 9.59 Å². The third-order valence-corrected chi connectivity index (χ3v) is 6.59. The van der Waals surface area contributed by atoms with E-state index < -0.39 is 0 Å². The number of rotatable bonds is 6. The van der Waals surface area contributed by atoms with Crippen LogP contribution >= 0.6 is 11.8 Å². The van der Waals surface area contributed by atoms with Gasteiger partial charge in [0.15, 0.2) is 5.16 Å². The van der Waals surface area contributed by atoms with Crippen molar-refractivity contribution in [3.8, 4) is 0 Å². The summed E-state index contributed by atoms with van der Waals surface area (Å²) in [6, 6.07) is 7.93. The SMILES string of the molecule is Cc1nnc(SCC(=O)Nc2ccccc2N2CCCC2=O)n1C1CCCCC1. The Labute approximate surface area is 175 Å². The van der Waals surface area contributed by atoms with Crippen LogP contribution in [0.4, 0.5) is 11.4 Å². The molecule has 2 fully saturated rings. The van der Waals surface area contributed by atoms with Crippen molar-refractivity contribution in [1.29, 1.82) is 0 Å². The number of anilines is 2. The van der Waals surface area contributed by atoms with Gasteiger partial charge in [0.25, 0.3) is 0 Å². The van der Waals surface area contributed by atoms with Crippen molar-refractivity contribution in [2.45, 2.75) is 63.1 Å². The maximum atomic E-state index is 12.6. The van der Waals surface area contributed by atoms with Gasteiger partial charge in [-0.15, -0.1) is 10.2 Å². The van der Waals surface area contributed by atoms with E-state index in [1.807, 2.05) is 31.2 Å². The third-order valence-electron chi connectivity index (χ3n) is 5.65. The maximum Gasteiger partial charge on any atom is 0.234 e. The monoisotopic (exact) mass is 413 g/mol. The Kier molecular flexibility index (Phi) is 6.18. The van der Waals surface area contributed by atoms with Gasteiger partial charge in [0, 0.05) is 19.0 Å². The second-order valence-electron chi connectivity index (χ2n) is 7.69. The maximum absolute atomic E-state index is 12.6. The van der Waals surface area contributed by atoms with Crippen LogP contribution in [0.25, 0.3) is 0 Å². The molecule has 8 heteroatoms. The topological polar surface area (TPSA) is 80.1 Å². The molecule has 0 spiro atoms. The van der Waals surface area contributed by atoms with Crippen LogP contribution in [0.5, 0.6) is 0 Å². The van der Waals surface area contributed by atoms with E-state index in [2.05, 4.69) is 20.1 Å². The molecule has 1 aromatic heterocycles. The lowest BCUT2D eigenvalue weighted by Crippen LogP contribution is -2.26. The van der Waals surface area contributed by atoms with Gasteiger partial charge in [0.2, 0.25) is 11.8 Å². The standard InChI is InChI=1S/C21H27N5O2S/c1-15-23-24-21(26(15)16-8-3-2-4-9-16)29-14-19(27)22-17-10-5-6-11-18(17)25-13-7-12-20(25)28/h5-6,10-11,16H,2-4,7-9,12-14H2,1H3,(H,22,27). The predicted molar refractivity (Wildman–Crippen MR) is 114 cm³/mol. The van der Waals surface area contributed by atoms with E-state index in [9.17, 15) is 9.59 Å². The zero-order valence-electron chi connectivity index (χ0n) is 16.8. The van der Waals surface area contributed by atoms with Crippen molar-refractivity contribution in [1.82, 2.24) is 14.8 Å². The molecule has 2 heterocycles. The van der Waals surface area contributed by atoms with Gasteiger partial charge in [-0.3, -0.25) is 9.59 Å². The number of hydrogen-bond acceptors (Lipinski definition) is 5. The van der Waals surface area contributed by atoms with E-state index in [4.69, 9.17) is 0 Å². The Bertz CT molecular complexity index is 891. The van der Waals surface area contributed by atoms with E-state index in [0.29, 0.717) is 24.7 Å². The van der Waals surface area contributed by atoms with Gasteiger partial charge in [0.1, 0.15) is 5.82 Å². The smallest absolute Gasteiger partial charge is 0.234 e. The molecule has 1 aromatic carbocycles. The summed E-state index contributed by atoms with van der Waals surface area (Å²) in [5, 5.41) is 12.3. The lowest BCUT2D eigenvalue weighted by Gasteiger charge is -2.25. The summed E-state index contributed by atoms with van der Waals surface area (Å²) in [4.78, 5) is 26.5. The molecule has 1 saturated heterocycles. The van der Waals surface area contributed by atoms with E-state index in [-0.39, 0.29) is 17.6 Å². The molecule has 2 aliphatic rings. The summed E-state index contributed by atoms with van der Waals surface area (Å²) in [6.45, 7) is 2.68. The van der Waals surface area contributed by atoms with E-state index in [0.717, 1.165) is 35.9 Å². The van der Waals surface area contributed by atoms with Gasteiger partial charge in [-0.05, 0) is 38.3 Å². The van der Waals surface area contributed by atoms with Crippen LogP contribution in [0.2, 0.25) is 0 Å². The van der Waals surface area contributed by atoms with E-state index in [1.165, 1.54) is 31.0 Å². The number of carbonyl (C=O) groups is 2. The fourth-order valence-corrected chi connectivity index (χ4v) is 5.09. The number of aryl methyl sites for hydroxylation is 1. The number of amides is 2. The predicted octanol–water partition coefficient (Wildman–Crippen LogP) is 3.95. The summed E-state index contributed by atoms with van der Waals surface area (Å²) < 4.78 is 2.20. The molecule has 7 nitrogen and oxygen atoms in total. The number of thioether (sulfide) groups is 1. The van der Waals surface area contributed by atoms with Crippen LogP contribution in [0.1, 0.15) is 56.8 Å². The number of carbonyl (C=O) groups excluding carboxylic acids is 2. The molecule has 0 atom stereocenters. The summed E-state index contributed by atoms with van der Waals surface area (Å²) in [5.41, 5.74) is 1.45. The molecule has 2 amide bonds. The van der Waals surface area contributed by atoms with Crippen LogP contribution < -0.4 is 10.2 Å². The first-order valence-corrected chi connectivity index (χ1v) is 11.4. The highest BCUT2D eigenvalue weighted by Gasteiger charge is 2.25. The van der Waals surface area contributed by atoms with Gasteiger partial charge in [-0.1, -0.05) is 43.2 Å². The minimum Gasteiger partial charge on any atom is -0.324 e. The average molecular weight is 414 g/mol. The number of benzene rings is 1. The first-order valence-electron chi connectivity index (χ1n) is 10.4. The first-order chi connectivity index (χ1) is 14.1. The molecule has 0 radical (unpaired) electrons. The molecule has 1 aliphatic carbocycles. The molecular weight excluding hydrogens is 386 g/mol. The van der Waals surface area contributed by atoms with Crippen molar-refractivity contribution in [2.75, 3.05) is 22.5 Å². The molecule has 0 bridgehead atoms. The van der Waals surface area contributed by atoms with Gasteiger partial charge in [-0.2, -0.15) is 0 Å². The molecular formula is C21H27N5O2S. The van der Waals surface area contributed by atoms with Crippen LogP contribution in [-0.4, -0.2) is 38.9 Å². The van der Waals surface area contributed by atoms with Crippen molar-refractivity contribution in [3.05, 3.63) is 30.1 Å². The lowest BCUT2D eigenvalue weighted by atomic mass is 9.95. The summed E-state index contributed by atoms with van der Waals surface area (Å²) in [6.07, 6.45) is 7.48. The average Bonchev–Trinajstić information content (AvgIpc) is 3.33. The van der Waals surface area contributed by atoms with Crippen molar-refractivity contribution >= 4 is 35.0 Å². The number of nitrogens with one attached hydrogen (secondary N) is 1. The van der Waals surface area contributed by atoms with Crippen molar-refractivity contribution in [2.24, 2.45) is 0 Å². The van der Waals surface area contributed by atoms with Crippen LogP contribution in [0, 0.1) is 6.92 Å². The molecule has 0 unspecified atom stereocenters. The van der Waals surface area contributed by atoms with Gasteiger partial charge >= 0.3 is 0 Å². The zero-order valence-corrected chi connectivity index (χ0v) is 17.6. The first kappa shape index (κ1) is 19.9. The molecule has 29 heavy (non-hydrogen) atoms. The second kappa shape index (κ2) is 8.98. The number of nitrogens with zero attached hydrogens (tertiary/aromatic N) is 4. The molecule has 154 valence electrons. The molecule has 2 aromatic rings. The number of hydrogen-bond donors (Lipinski definition) is 1. The Hall–Kier alpha value is -2.35. The lowest BCUT2D eigenvalue weighted by molar-refractivity contribution is -0.117. The normalized spacial score (nSPS) is 17.7. The van der Waals surface area contributed by atoms with Gasteiger partial charge in [0.05, 0.1) is 17.1 Å². The number of para-hydroxylation sites is 2. The van der Waals surface area contributed by atoms with Crippen molar-refractivity contribution in [3.63, 3.8) is 0 Å².